The van der Waals surface area contributed by atoms with Crippen LogP contribution in [0.4, 0.5) is 0 Å². The molecule has 0 saturated heterocycles. The molecule has 1 aromatic heterocycles. The van der Waals surface area contributed by atoms with Crippen LogP contribution >= 0.6 is 15.9 Å². The van der Waals surface area contributed by atoms with Gasteiger partial charge in [-0.1, -0.05) is 35.8 Å². The smallest absolute Gasteiger partial charge is 0.219 e. The Kier molecular flexibility index (Phi) is 4.93. The first-order valence-electron chi connectivity index (χ1n) is 6.25. The molecule has 0 aliphatic carbocycles. The molecule has 0 unspecified atom stereocenters. The lowest BCUT2D eigenvalue weighted by molar-refractivity contribution is 0.461. The number of rotatable bonds is 5. The van der Waals surface area contributed by atoms with Gasteiger partial charge in [-0.15, -0.1) is 0 Å². The summed E-state index contributed by atoms with van der Waals surface area (Å²) in [7, 11) is 0. The minimum atomic E-state index is 0.461. The van der Waals surface area contributed by atoms with Gasteiger partial charge in [0, 0.05) is 29.3 Å². The van der Waals surface area contributed by atoms with E-state index in [4.69, 9.17) is 4.74 Å². The van der Waals surface area contributed by atoms with Crippen molar-refractivity contribution in [3.63, 3.8) is 0 Å². The minimum Gasteiger partial charge on any atom is -0.439 e. The number of benzene rings is 1. The topological polar surface area (TPSA) is 34.2 Å². The molecular weight excluding hydrogens is 304 g/mol. The zero-order chi connectivity index (χ0) is 13.7. The van der Waals surface area contributed by atoms with Gasteiger partial charge in [-0.3, -0.25) is 0 Å². The molecule has 0 atom stereocenters. The van der Waals surface area contributed by atoms with Gasteiger partial charge in [-0.05, 0) is 29.8 Å². The van der Waals surface area contributed by atoms with Crippen molar-refractivity contribution in [3.8, 4) is 11.6 Å². The third-order valence-corrected chi connectivity index (χ3v) is 3.03. The average Bonchev–Trinajstić information content (AvgIpc) is 2.37. The normalized spacial score (nSPS) is 10.7. The molecule has 0 radical (unpaired) electrons. The van der Waals surface area contributed by atoms with Crippen molar-refractivity contribution in [2.45, 2.75) is 26.4 Å². The molecule has 2 rings (SSSR count). The maximum absolute atomic E-state index is 5.74. The van der Waals surface area contributed by atoms with Crippen molar-refractivity contribution in [1.82, 2.24) is 10.3 Å². The summed E-state index contributed by atoms with van der Waals surface area (Å²) in [5.74, 6) is 1.39. The van der Waals surface area contributed by atoms with E-state index >= 15 is 0 Å². The summed E-state index contributed by atoms with van der Waals surface area (Å²) in [5.41, 5.74) is 1.16. The number of hydrogen-bond acceptors (Lipinski definition) is 3. The summed E-state index contributed by atoms with van der Waals surface area (Å²) in [6.45, 7) is 5.06. The summed E-state index contributed by atoms with van der Waals surface area (Å²) in [5, 5.41) is 3.37. The highest BCUT2D eigenvalue weighted by atomic mass is 79.9. The Morgan fingerprint density at radius 2 is 2.11 bits per heavy atom. The van der Waals surface area contributed by atoms with E-state index in [0.717, 1.165) is 22.3 Å². The summed E-state index contributed by atoms with van der Waals surface area (Å²) in [6.07, 6.45) is 1.77. The summed E-state index contributed by atoms with van der Waals surface area (Å²) >= 11 is 3.42. The summed E-state index contributed by atoms with van der Waals surface area (Å²) < 4.78 is 6.73. The molecule has 3 nitrogen and oxygen atoms in total. The summed E-state index contributed by atoms with van der Waals surface area (Å²) in [6, 6.07) is 12.1. The van der Waals surface area contributed by atoms with E-state index in [1.165, 1.54) is 0 Å². The SMILES string of the molecule is CC(C)NCc1ccnc(Oc2cccc(Br)c2)c1. The molecule has 100 valence electrons. The van der Waals surface area contributed by atoms with E-state index in [1.54, 1.807) is 6.20 Å². The molecule has 19 heavy (non-hydrogen) atoms. The molecule has 1 heterocycles. The first-order valence-corrected chi connectivity index (χ1v) is 7.04. The Labute approximate surface area is 122 Å². The Balaban J connectivity index is 2.06. The van der Waals surface area contributed by atoms with Crippen LogP contribution in [0.15, 0.2) is 47.1 Å². The lowest BCUT2D eigenvalue weighted by atomic mass is 10.2. The van der Waals surface area contributed by atoms with Crippen LogP contribution in [0.2, 0.25) is 0 Å². The Morgan fingerprint density at radius 3 is 2.84 bits per heavy atom. The molecule has 1 aromatic carbocycles. The highest BCUT2D eigenvalue weighted by molar-refractivity contribution is 9.10. The molecule has 0 aliphatic heterocycles. The molecular formula is C15H17BrN2O. The maximum Gasteiger partial charge on any atom is 0.219 e. The third-order valence-electron chi connectivity index (χ3n) is 2.53. The van der Waals surface area contributed by atoms with Crippen molar-refractivity contribution in [1.29, 1.82) is 0 Å². The van der Waals surface area contributed by atoms with E-state index in [9.17, 15) is 0 Å². The number of pyridine rings is 1. The number of halogens is 1. The lowest BCUT2D eigenvalue weighted by Crippen LogP contribution is -2.21. The highest BCUT2D eigenvalue weighted by Crippen LogP contribution is 2.23. The molecule has 2 aromatic rings. The van der Waals surface area contributed by atoms with E-state index < -0.39 is 0 Å². The molecule has 0 fully saturated rings. The highest BCUT2D eigenvalue weighted by Gasteiger charge is 2.02. The number of nitrogens with one attached hydrogen (secondary N) is 1. The van der Waals surface area contributed by atoms with Gasteiger partial charge in [0.1, 0.15) is 5.75 Å². The van der Waals surface area contributed by atoms with Crippen LogP contribution in [-0.2, 0) is 6.54 Å². The van der Waals surface area contributed by atoms with Gasteiger partial charge in [0.15, 0.2) is 0 Å². The van der Waals surface area contributed by atoms with Gasteiger partial charge >= 0.3 is 0 Å². The van der Waals surface area contributed by atoms with Crippen LogP contribution in [0.3, 0.4) is 0 Å². The number of hydrogen-bond donors (Lipinski definition) is 1. The van der Waals surface area contributed by atoms with E-state index in [1.807, 2.05) is 36.4 Å². The van der Waals surface area contributed by atoms with Crippen LogP contribution in [0.25, 0.3) is 0 Å². The molecule has 0 amide bonds. The second-order valence-corrected chi connectivity index (χ2v) is 5.51. The molecule has 0 bridgehead atoms. The second-order valence-electron chi connectivity index (χ2n) is 4.60. The molecule has 4 heteroatoms. The second kappa shape index (κ2) is 6.68. The third kappa shape index (κ3) is 4.65. The molecule has 0 saturated carbocycles. The van der Waals surface area contributed by atoms with Crippen LogP contribution in [0.1, 0.15) is 19.4 Å². The zero-order valence-corrected chi connectivity index (χ0v) is 12.6. The fourth-order valence-corrected chi connectivity index (χ4v) is 1.97. The standard InChI is InChI=1S/C15H17BrN2O/c1-11(2)18-10-12-6-7-17-15(8-12)19-14-5-3-4-13(16)9-14/h3-9,11,18H,10H2,1-2H3. The number of ether oxygens (including phenoxy) is 1. The van der Waals surface area contributed by atoms with E-state index in [-0.39, 0.29) is 0 Å². The first-order chi connectivity index (χ1) is 9.13. The summed E-state index contributed by atoms with van der Waals surface area (Å²) in [4.78, 5) is 4.23. The van der Waals surface area contributed by atoms with Gasteiger partial charge in [0.25, 0.3) is 0 Å². The quantitative estimate of drug-likeness (QED) is 0.899. The van der Waals surface area contributed by atoms with Crippen LogP contribution in [0, 0.1) is 0 Å². The average molecular weight is 321 g/mol. The van der Waals surface area contributed by atoms with E-state index in [2.05, 4.69) is 40.1 Å². The predicted octanol–water partition coefficient (Wildman–Crippen LogP) is 4.13. The van der Waals surface area contributed by atoms with Gasteiger partial charge in [0.05, 0.1) is 0 Å². The molecule has 0 spiro atoms. The van der Waals surface area contributed by atoms with Crippen LogP contribution < -0.4 is 10.1 Å². The van der Waals surface area contributed by atoms with Gasteiger partial charge in [-0.2, -0.15) is 0 Å². The minimum absolute atomic E-state index is 0.461. The lowest BCUT2D eigenvalue weighted by Gasteiger charge is -2.09. The van der Waals surface area contributed by atoms with Gasteiger partial charge in [-0.25, -0.2) is 4.98 Å². The maximum atomic E-state index is 5.74. The monoisotopic (exact) mass is 320 g/mol. The number of aromatic nitrogens is 1. The van der Waals surface area contributed by atoms with E-state index in [0.29, 0.717) is 11.9 Å². The largest absolute Gasteiger partial charge is 0.439 e. The van der Waals surface area contributed by atoms with Crippen LogP contribution in [0.5, 0.6) is 11.6 Å². The first kappa shape index (κ1) is 14.0. The fraction of sp³-hybridized carbons (Fsp3) is 0.267. The zero-order valence-electron chi connectivity index (χ0n) is 11.1. The molecule has 0 aliphatic rings. The van der Waals surface area contributed by atoms with Gasteiger partial charge in [0.2, 0.25) is 5.88 Å². The van der Waals surface area contributed by atoms with Crippen molar-refractivity contribution >= 4 is 15.9 Å². The Hall–Kier alpha value is -1.39. The van der Waals surface area contributed by atoms with Gasteiger partial charge < -0.3 is 10.1 Å². The predicted molar refractivity (Wildman–Crippen MR) is 80.4 cm³/mol. The van der Waals surface area contributed by atoms with Crippen molar-refractivity contribution in [2.75, 3.05) is 0 Å². The Morgan fingerprint density at radius 1 is 1.26 bits per heavy atom. The van der Waals surface area contributed by atoms with Crippen molar-refractivity contribution < 1.29 is 4.74 Å². The molecule has 1 N–H and O–H groups in total. The van der Waals surface area contributed by atoms with Crippen LogP contribution in [-0.4, -0.2) is 11.0 Å². The Bertz CT molecular complexity index is 543. The van der Waals surface area contributed by atoms with Crippen molar-refractivity contribution in [2.24, 2.45) is 0 Å². The van der Waals surface area contributed by atoms with Crippen molar-refractivity contribution in [3.05, 3.63) is 52.6 Å². The fourth-order valence-electron chi connectivity index (χ4n) is 1.59. The number of nitrogens with zero attached hydrogens (tertiary/aromatic N) is 1.